The molecule has 2 aromatic carbocycles. The van der Waals surface area contributed by atoms with Crippen molar-refractivity contribution < 1.29 is 42.4 Å². The Bertz CT molecular complexity index is 1400. The summed E-state index contributed by atoms with van der Waals surface area (Å²) in [5, 5.41) is 19.1. The highest BCUT2D eigenvalue weighted by Gasteiger charge is 2.37. The Labute approximate surface area is 208 Å². The lowest BCUT2D eigenvalue weighted by Gasteiger charge is -2.22. The van der Waals surface area contributed by atoms with Crippen LogP contribution >= 0.6 is 0 Å². The number of nitrogens with one attached hydrogen (secondary N) is 1. The van der Waals surface area contributed by atoms with E-state index in [9.17, 15) is 37.8 Å². The van der Waals surface area contributed by atoms with Crippen LogP contribution in [0, 0.1) is 5.41 Å². The van der Waals surface area contributed by atoms with E-state index in [1.807, 2.05) is 0 Å². The topological polar surface area (TPSA) is 129 Å². The number of aromatic nitrogens is 1. The third-order valence-corrected chi connectivity index (χ3v) is 6.13. The van der Waals surface area contributed by atoms with E-state index in [1.54, 1.807) is 0 Å². The number of hydrogen-bond donors (Lipinski definition) is 3. The second kappa shape index (κ2) is 9.87. The molecular weight excluding hydrogens is 497 g/mol. The molecule has 1 unspecified atom stereocenters. The predicted molar refractivity (Wildman–Crippen MR) is 126 cm³/mol. The second-order valence-corrected chi connectivity index (χ2v) is 8.92. The summed E-state index contributed by atoms with van der Waals surface area (Å²) in [6, 6.07) is 10.8. The molecule has 0 aliphatic carbocycles. The van der Waals surface area contributed by atoms with E-state index in [0.717, 1.165) is 6.07 Å². The molecule has 2 heterocycles. The fraction of sp³-hybridized carbons (Fsp3) is 0.320. The lowest BCUT2D eigenvalue weighted by molar-refractivity contribution is -0.162. The minimum Gasteiger partial charge on any atom is -0.461 e. The molecule has 0 bridgehead atoms. The lowest BCUT2D eigenvalue weighted by atomic mass is 9.93. The van der Waals surface area contributed by atoms with Crippen LogP contribution in [-0.2, 0) is 20.4 Å². The first-order valence-corrected chi connectivity index (χ1v) is 11.2. The van der Waals surface area contributed by atoms with Crippen molar-refractivity contribution in [1.29, 1.82) is 0 Å². The number of amides is 1. The molecule has 9 nitrogen and oxygen atoms in total. The molecule has 0 saturated carbocycles. The summed E-state index contributed by atoms with van der Waals surface area (Å²) < 4.78 is 50.6. The number of aromatic amines is 1. The molecule has 1 fully saturated rings. The average Bonchev–Trinajstić information content (AvgIpc) is 3.26. The summed E-state index contributed by atoms with van der Waals surface area (Å²) in [5.41, 5.74) is -2.89. The SMILES string of the molecule is CC(CO)(CO)C(=O)OCC1CN(c2ccc3cc(-c4ccccc4C(F)(F)F)[nH]c(=O)c3c2)C(=O)O1. The van der Waals surface area contributed by atoms with E-state index in [4.69, 9.17) is 9.47 Å². The molecule has 37 heavy (non-hydrogen) atoms. The highest BCUT2D eigenvalue weighted by Crippen LogP contribution is 2.36. The zero-order valence-corrected chi connectivity index (χ0v) is 19.5. The summed E-state index contributed by atoms with van der Waals surface area (Å²) in [7, 11) is 0. The van der Waals surface area contributed by atoms with Crippen LogP contribution in [0.2, 0.25) is 0 Å². The number of ether oxygens (including phenoxy) is 2. The van der Waals surface area contributed by atoms with Crippen LogP contribution in [0.5, 0.6) is 0 Å². The number of hydrogen-bond acceptors (Lipinski definition) is 7. The van der Waals surface area contributed by atoms with Gasteiger partial charge in [-0.1, -0.05) is 24.3 Å². The van der Waals surface area contributed by atoms with Gasteiger partial charge in [0, 0.05) is 22.3 Å². The molecule has 1 amide bonds. The first-order chi connectivity index (χ1) is 17.5. The van der Waals surface area contributed by atoms with Crippen LogP contribution in [0.3, 0.4) is 0 Å². The number of anilines is 1. The lowest BCUT2D eigenvalue weighted by Crippen LogP contribution is -2.38. The third kappa shape index (κ3) is 5.16. The number of aliphatic hydroxyl groups is 2. The van der Waals surface area contributed by atoms with Gasteiger partial charge in [0.2, 0.25) is 0 Å². The molecule has 1 atom stereocenters. The molecule has 1 saturated heterocycles. The van der Waals surface area contributed by atoms with Crippen LogP contribution in [0.4, 0.5) is 23.7 Å². The number of benzene rings is 2. The highest BCUT2D eigenvalue weighted by atomic mass is 19.4. The van der Waals surface area contributed by atoms with Crippen molar-refractivity contribution in [2.75, 3.05) is 31.3 Å². The Hall–Kier alpha value is -3.90. The number of rotatable bonds is 7. The Morgan fingerprint density at radius 1 is 1.14 bits per heavy atom. The number of pyridine rings is 1. The van der Waals surface area contributed by atoms with Gasteiger partial charge in [-0.25, -0.2) is 4.79 Å². The maximum Gasteiger partial charge on any atom is 0.417 e. The molecule has 12 heteroatoms. The van der Waals surface area contributed by atoms with Crippen LogP contribution < -0.4 is 10.5 Å². The number of nitrogens with zero attached hydrogens (tertiary/aromatic N) is 1. The van der Waals surface area contributed by atoms with Crippen molar-refractivity contribution in [3.63, 3.8) is 0 Å². The molecule has 1 aromatic heterocycles. The molecule has 0 radical (unpaired) electrons. The Morgan fingerprint density at radius 2 is 1.84 bits per heavy atom. The third-order valence-electron chi connectivity index (χ3n) is 6.13. The maximum absolute atomic E-state index is 13.4. The number of aliphatic hydroxyl groups excluding tert-OH is 2. The predicted octanol–water partition coefficient (Wildman–Crippen LogP) is 3.07. The van der Waals surface area contributed by atoms with E-state index in [2.05, 4.69) is 4.98 Å². The fourth-order valence-corrected chi connectivity index (χ4v) is 3.87. The van der Waals surface area contributed by atoms with Crippen molar-refractivity contribution >= 4 is 28.5 Å². The quantitative estimate of drug-likeness (QED) is 0.409. The Balaban J connectivity index is 1.56. The zero-order valence-electron chi connectivity index (χ0n) is 19.5. The smallest absolute Gasteiger partial charge is 0.417 e. The molecule has 4 rings (SSSR count). The first kappa shape index (κ1) is 26.2. The van der Waals surface area contributed by atoms with Crippen molar-refractivity contribution in [3.05, 3.63) is 64.4 Å². The van der Waals surface area contributed by atoms with E-state index in [-0.39, 0.29) is 29.8 Å². The molecular formula is C25H23F3N2O7. The number of halogens is 3. The van der Waals surface area contributed by atoms with Gasteiger partial charge in [0.1, 0.15) is 12.0 Å². The number of esters is 1. The fourth-order valence-electron chi connectivity index (χ4n) is 3.87. The standard InChI is InChI=1S/C25H23F3N2O7/c1-24(12-31,13-32)22(34)36-11-16-10-30(23(35)37-16)15-7-6-14-8-20(29-21(33)18(14)9-15)17-4-2-3-5-19(17)25(26,27)28/h2-9,16,31-32H,10-13H2,1H3,(H,29,33). The second-order valence-electron chi connectivity index (χ2n) is 8.92. The normalized spacial score (nSPS) is 16.2. The van der Waals surface area contributed by atoms with Crippen molar-refractivity contribution in [1.82, 2.24) is 4.98 Å². The average molecular weight is 520 g/mol. The number of alkyl halides is 3. The summed E-state index contributed by atoms with van der Waals surface area (Å²) in [6.45, 7) is -0.265. The van der Waals surface area contributed by atoms with Crippen LogP contribution in [0.25, 0.3) is 22.0 Å². The summed E-state index contributed by atoms with van der Waals surface area (Å²) in [6.07, 6.45) is -6.20. The molecule has 3 N–H and O–H groups in total. The van der Waals surface area contributed by atoms with E-state index in [1.165, 1.54) is 54.3 Å². The minimum absolute atomic E-state index is 0.00149. The number of cyclic esters (lactones) is 1. The van der Waals surface area contributed by atoms with Gasteiger partial charge < -0.3 is 24.7 Å². The van der Waals surface area contributed by atoms with Crippen LogP contribution in [0.15, 0.2) is 53.3 Å². The van der Waals surface area contributed by atoms with Gasteiger partial charge in [-0.3, -0.25) is 14.5 Å². The largest absolute Gasteiger partial charge is 0.461 e. The van der Waals surface area contributed by atoms with Gasteiger partial charge >= 0.3 is 18.2 Å². The van der Waals surface area contributed by atoms with Gasteiger partial charge in [0.15, 0.2) is 6.10 Å². The van der Waals surface area contributed by atoms with Gasteiger partial charge in [0.25, 0.3) is 5.56 Å². The molecule has 3 aromatic rings. The highest BCUT2D eigenvalue weighted by molar-refractivity contribution is 5.95. The zero-order chi connectivity index (χ0) is 27.0. The van der Waals surface area contributed by atoms with Crippen LogP contribution in [-0.4, -0.2) is 59.7 Å². The minimum atomic E-state index is -4.61. The van der Waals surface area contributed by atoms with Crippen LogP contribution in [0.1, 0.15) is 12.5 Å². The Kier molecular flexibility index (Phi) is 6.98. The number of fused-ring (bicyclic) bond motifs is 1. The van der Waals surface area contributed by atoms with Crippen molar-refractivity contribution in [3.8, 4) is 11.3 Å². The molecule has 0 spiro atoms. The van der Waals surface area contributed by atoms with E-state index in [0.29, 0.717) is 11.1 Å². The number of carbonyl (C=O) groups is 2. The van der Waals surface area contributed by atoms with Gasteiger partial charge in [-0.05, 0) is 36.6 Å². The van der Waals surface area contributed by atoms with Gasteiger partial charge in [-0.15, -0.1) is 0 Å². The van der Waals surface area contributed by atoms with Gasteiger partial charge in [0.05, 0.1) is 25.3 Å². The molecule has 196 valence electrons. The first-order valence-electron chi connectivity index (χ1n) is 11.2. The number of H-pyrrole nitrogens is 1. The maximum atomic E-state index is 13.4. The summed E-state index contributed by atoms with van der Waals surface area (Å²) in [4.78, 5) is 41.0. The van der Waals surface area contributed by atoms with Crippen molar-refractivity contribution in [2.45, 2.75) is 19.2 Å². The van der Waals surface area contributed by atoms with Crippen molar-refractivity contribution in [2.24, 2.45) is 5.41 Å². The number of carbonyl (C=O) groups excluding carboxylic acids is 2. The van der Waals surface area contributed by atoms with E-state index >= 15 is 0 Å². The Morgan fingerprint density at radius 3 is 2.51 bits per heavy atom. The van der Waals surface area contributed by atoms with E-state index < -0.39 is 54.1 Å². The molecule has 1 aliphatic rings. The monoisotopic (exact) mass is 520 g/mol. The summed E-state index contributed by atoms with van der Waals surface area (Å²) in [5.74, 6) is -0.855. The van der Waals surface area contributed by atoms with Gasteiger partial charge in [-0.2, -0.15) is 13.2 Å². The molecule has 1 aliphatic heterocycles. The summed E-state index contributed by atoms with van der Waals surface area (Å²) >= 11 is 0.